The minimum Gasteiger partial charge on any atom is -0.462 e. The molecule has 0 N–H and O–H groups in total. The van der Waals surface area contributed by atoms with Crippen LogP contribution in [0.25, 0.3) is 10.6 Å². The van der Waals surface area contributed by atoms with Crippen LogP contribution in [0, 0.1) is 5.41 Å². The molecule has 2 heterocycles. The Morgan fingerprint density at radius 2 is 2.21 bits per heavy atom. The summed E-state index contributed by atoms with van der Waals surface area (Å²) in [7, 11) is 0. The first kappa shape index (κ1) is 16.9. The van der Waals surface area contributed by atoms with Crippen molar-refractivity contribution in [3.8, 4) is 10.6 Å². The summed E-state index contributed by atoms with van der Waals surface area (Å²) >= 11 is 7.57. The monoisotopic (exact) mass is 365 g/mol. The van der Waals surface area contributed by atoms with Gasteiger partial charge in [0.25, 0.3) is 0 Å². The summed E-state index contributed by atoms with van der Waals surface area (Å²) in [4.78, 5) is 28.2. The average molecular weight is 366 g/mol. The number of cyclic esters (lactones) is 1. The number of aromatic nitrogens is 1. The highest BCUT2D eigenvalue weighted by Gasteiger charge is 2.46. The summed E-state index contributed by atoms with van der Waals surface area (Å²) in [6, 6.07) is 7.39. The number of carbonyl (C=O) groups excluding carboxylic acids is 2. The van der Waals surface area contributed by atoms with Crippen molar-refractivity contribution in [3.63, 3.8) is 0 Å². The number of hydrogen-bond acceptors (Lipinski definition) is 6. The van der Waals surface area contributed by atoms with E-state index in [2.05, 4.69) is 4.98 Å². The fraction of sp³-hybridized carbons (Fsp3) is 0.353. The van der Waals surface area contributed by atoms with Crippen LogP contribution in [0.4, 0.5) is 0 Å². The van der Waals surface area contributed by atoms with Crippen molar-refractivity contribution < 1.29 is 19.1 Å². The lowest BCUT2D eigenvalue weighted by molar-refractivity contribution is -0.162. The Morgan fingerprint density at radius 3 is 2.88 bits per heavy atom. The average Bonchev–Trinajstić information content (AvgIpc) is 3.08. The number of carbonyl (C=O) groups is 2. The van der Waals surface area contributed by atoms with Crippen LogP contribution in [0.2, 0.25) is 5.02 Å². The van der Waals surface area contributed by atoms with Gasteiger partial charge in [-0.1, -0.05) is 43.6 Å². The number of esters is 2. The normalized spacial score (nSPS) is 19.1. The number of benzene rings is 1. The summed E-state index contributed by atoms with van der Waals surface area (Å²) in [5.41, 5.74) is 0.894. The van der Waals surface area contributed by atoms with Crippen LogP contribution in [-0.4, -0.2) is 29.6 Å². The number of ether oxygens (including phenoxy) is 2. The first-order valence-electron chi connectivity index (χ1n) is 7.42. The highest BCUT2D eigenvalue weighted by Crippen LogP contribution is 2.32. The number of hydrogen-bond donors (Lipinski definition) is 0. The molecular weight excluding hydrogens is 350 g/mol. The summed E-state index contributed by atoms with van der Waals surface area (Å²) < 4.78 is 10.3. The third-order valence-corrected chi connectivity index (χ3v) is 5.00. The van der Waals surface area contributed by atoms with Crippen LogP contribution < -0.4 is 0 Å². The summed E-state index contributed by atoms with van der Waals surface area (Å²) in [5, 5.41) is 3.14. The van der Waals surface area contributed by atoms with Crippen molar-refractivity contribution >= 4 is 34.9 Å². The minimum atomic E-state index is -0.869. The van der Waals surface area contributed by atoms with Crippen molar-refractivity contribution in [3.05, 3.63) is 40.4 Å². The molecule has 5 nitrogen and oxygen atoms in total. The maximum absolute atomic E-state index is 12.1. The Hall–Kier alpha value is -1.92. The van der Waals surface area contributed by atoms with E-state index in [-0.39, 0.29) is 13.0 Å². The zero-order chi connectivity index (χ0) is 17.3. The summed E-state index contributed by atoms with van der Waals surface area (Å²) in [6.07, 6.45) is -0.868. The van der Waals surface area contributed by atoms with Crippen LogP contribution in [0.3, 0.4) is 0 Å². The van der Waals surface area contributed by atoms with Crippen molar-refractivity contribution in [2.75, 3.05) is 6.61 Å². The second-order valence-electron chi connectivity index (χ2n) is 6.27. The molecule has 1 aromatic carbocycles. The SMILES string of the molecule is CC1(C)COC(=O)[C@@H]1OC(=O)Cc1csc(-c2ccccc2Cl)n1. The summed E-state index contributed by atoms with van der Waals surface area (Å²) in [6.45, 7) is 3.90. The molecule has 0 unspecified atom stereocenters. The van der Waals surface area contributed by atoms with E-state index in [0.717, 1.165) is 10.6 Å². The Morgan fingerprint density at radius 1 is 1.46 bits per heavy atom. The van der Waals surface area contributed by atoms with E-state index in [9.17, 15) is 9.59 Å². The Kier molecular flexibility index (Phi) is 4.60. The molecule has 0 aliphatic carbocycles. The van der Waals surface area contributed by atoms with Gasteiger partial charge in [0.15, 0.2) is 0 Å². The van der Waals surface area contributed by atoms with Gasteiger partial charge in [0.05, 0.1) is 17.1 Å². The minimum absolute atomic E-state index is 0.000806. The van der Waals surface area contributed by atoms with Gasteiger partial charge in [-0.25, -0.2) is 9.78 Å². The fourth-order valence-electron chi connectivity index (χ4n) is 2.40. The molecule has 1 aliphatic rings. The second kappa shape index (κ2) is 6.53. The molecule has 1 aromatic heterocycles. The summed E-state index contributed by atoms with van der Waals surface area (Å²) in [5.74, 6) is -0.994. The van der Waals surface area contributed by atoms with Crippen LogP contribution in [-0.2, 0) is 25.5 Å². The second-order valence-corrected chi connectivity index (χ2v) is 7.53. The Labute approximate surface area is 148 Å². The van der Waals surface area contributed by atoms with E-state index in [1.54, 1.807) is 11.4 Å². The van der Waals surface area contributed by atoms with Crippen molar-refractivity contribution in [1.82, 2.24) is 4.98 Å². The third-order valence-electron chi connectivity index (χ3n) is 3.74. The molecule has 1 atom stereocenters. The van der Waals surface area contributed by atoms with Gasteiger partial charge in [0.2, 0.25) is 6.10 Å². The van der Waals surface area contributed by atoms with E-state index in [0.29, 0.717) is 10.7 Å². The lowest BCUT2D eigenvalue weighted by atomic mass is 9.90. The van der Waals surface area contributed by atoms with Crippen LogP contribution >= 0.6 is 22.9 Å². The van der Waals surface area contributed by atoms with Gasteiger partial charge in [-0.15, -0.1) is 11.3 Å². The van der Waals surface area contributed by atoms with Gasteiger partial charge in [0, 0.05) is 16.4 Å². The molecule has 24 heavy (non-hydrogen) atoms. The zero-order valence-electron chi connectivity index (χ0n) is 13.2. The van der Waals surface area contributed by atoms with Gasteiger partial charge in [-0.2, -0.15) is 0 Å². The van der Waals surface area contributed by atoms with Crippen LogP contribution in [0.5, 0.6) is 0 Å². The van der Waals surface area contributed by atoms with Crippen molar-refractivity contribution in [2.45, 2.75) is 26.4 Å². The number of nitrogens with zero attached hydrogens (tertiary/aromatic N) is 1. The Bertz CT molecular complexity index is 786. The van der Waals surface area contributed by atoms with Crippen molar-refractivity contribution in [2.24, 2.45) is 5.41 Å². The smallest absolute Gasteiger partial charge is 0.348 e. The lowest BCUT2D eigenvalue weighted by Crippen LogP contribution is -2.35. The first-order valence-corrected chi connectivity index (χ1v) is 8.68. The molecule has 0 saturated carbocycles. The molecule has 0 radical (unpaired) electrons. The maximum Gasteiger partial charge on any atom is 0.348 e. The lowest BCUT2D eigenvalue weighted by Gasteiger charge is -2.21. The molecule has 7 heteroatoms. The molecule has 1 aliphatic heterocycles. The van der Waals surface area contributed by atoms with E-state index in [1.165, 1.54) is 11.3 Å². The predicted octanol–water partition coefficient (Wildman–Crippen LogP) is 3.50. The molecule has 2 aromatic rings. The third kappa shape index (κ3) is 3.44. The number of thiazole rings is 1. The van der Waals surface area contributed by atoms with E-state index in [4.69, 9.17) is 21.1 Å². The quantitative estimate of drug-likeness (QED) is 0.776. The number of rotatable bonds is 4. The van der Waals surface area contributed by atoms with E-state index in [1.807, 2.05) is 32.0 Å². The molecule has 126 valence electrons. The van der Waals surface area contributed by atoms with Gasteiger partial charge < -0.3 is 9.47 Å². The van der Waals surface area contributed by atoms with Gasteiger partial charge in [-0.05, 0) is 6.07 Å². The van der Waals surface area contributed by atoms with Crippen LogP contribution in [0.15, 0.2) is 29.6 Å². The highest BCUT2D eigenvalue weighted by molar-refractivity contribution is 7.13. The van der Waals surface area contributed by atoms with Gasteiger partial charge in [0.1, 0.15) is 11.6 Å². The number of halogens is 1. The standard InChI is InChI=1S/C17H16ClNO4S/c1-17(2)9-22-16(21)14(17)23-13(20)7-10-8-24-15(19-10)11-5-3-4-6-12(11)18/h3-6,8,14H,7,9H2,1-2H3/t14-/m0/s1. The van der Waals surface area contributed by atoms with E-state index < -0.39 is 23.5 Å². The highest BCUT2D eigenvalue weighted by atomic mass is 35.5. The van der Waals surface area contributed by atoms with Crippen LogP contribution in [0.1, 0.15) is 19.5 Å². The molecule has 0 bridgehead atoms. The predicted molar refractivity (Wildman–Crippen MR) is 90.9 cm³/mol. The van der Waals surface area contributed by atoms with Crippen molar-refractivity contribution in [1.29, 1.82) is 0 Å². The van der Waals surface area contributed by atoms with Gasteiger partial charge in [-0.3, -0.25) is 4.79 Å². The largest absolute Gasteiger partial charge is 0.462 e. The fourth-order valence-corrected chi connectivity index (χ4v) is 3.54. The first-order chi connectivity index (χ1) is 11.4. The zero-order valence-corrected chi connectivity index (χ0v) is 14.8. The van der Waals surface area contributed by atoms with Gasteiger partial charge >= 0.3 is 11.9 Å². The molecule has 3 rings (SSSR count). The molecule has 1 fully saturated rings. The Balaban J connectivity index is 1.68. The molecular formula is C17H16ClNO4S. The maximum atomic E-state index is 12.1. The molecule has 1 saturated heterocycles. The topological polar surface area (TPSA) is 65.5 Å². The molecule has 0 spiro atoms. The molecule has 0 amide bonds. The van der Waals surface area contributed by atoms with E-state index >= 15 is 0 Å².